The van der Waals surface area contributed by atoms with Crippen LogP contribution in [0.25, 0.3) is 0 Å². The van der Waals surface area contributed by atoms with E-state index in [2.05, 4.69) is 25.7 Å². The summed E-state index contributed by atoms with van der Waals surface area (Å²) in [5.41, 5.74) is 2.42. The first-order valence-corrected chi connectivity index (χ1v) is 11.4. The molecule has 2 heterocycles. The highest BCUT2D eigenvalue weighted by Gasteiger charge is 2.33. The van der Waals surface area contributed by atoms with Crippen molar-refractivity contribution in [1.29, 1.82) is 0 Å². The van der Waals surface area contributed by atoms with Crippen molar-refractivity contribution in [2.75, 3.05) is 31.1 Å². The van der Waals surface area contributed by atoms with Gasteiger partial charge in [-0.05, 0) is 31.4 Å². The number of aryl methyl sites for hydroxylation is 1. The summed E-state index contributed by atoms with van der Waals surface area (Å²) >= 11 is 0. The van der Waals surface area contributed by atoms with Crippen molar-refractivity contribution in [3.05, 3.63) is 52.7 Å². The van der Waals surface area contributed by atoms with Gasteiger partial charge in [0.05, 0.1) is 5.69 Å². The highest BCUT2D eigenvalue weighted by Crippen LogP contribution is 2.33. The highest BCUT2D eigenvalue weighted by molar-refractivity contribution is 5.80. The van der Waals surface area contributed by atoms with E-state index >= 15 is 0 Å². The number of hydrogen-bond acceptors (Lipinski definition) is 4. The van der Waals surface area contributed by atoms with Crippen molar-refractivity contribution in [3.63, 3.8) is 0 Å². The summed E-state index contributed by atoms with van der Waals surface area (Å²) in [6, 6.07) is 6.93. The average molecular weight is 425 g/mol. The molecule has 1 saturated carbocycles. The van der Waals surface area contributed by atoms with E-state index < -0.39 is 0 Å². The molecule has 1 aromatic carbocycles. The molecule has 166 valence electrons. The number of nitrogens with zero attached hydrogens (tertiary/aromatic N) is 4. The van der Waals surface area contributed by atoms with Crippen molar-refractivity contribution < 1.29 is 9.18 Å². The highest BCUT2D eigenvalue weighted by atomic mass is 19.1. The molecule has 2 aliphatic rings. The van der Waals surface area contributed by atoms with Gasteiger partial charge >= 0.3 is 0 Å². The second-order valence-electron chi connectivity index (χ2n) is 9.88. The van der Waals surface area contributed by atoms with Crippen LogP contribution in [0.4, 0.5) is 10.2 Å². The predicted octanol–water partition coefficient (Wildman–Crippen LogP) is 4.26. The van der Waals surface area contributed by atoms with Crippen LogP contribution >= 0.6 is 0 Å². The zero-order valence-electron chi connectivity index (χ0n) is 19.1. The first-order chi connectivity index (χ1) is 14.7. The summed E-state index contributed by atoms with van der Waals surface area (Å²) in [5, 5.41) is 0. The summed E-state index contributed by atoms with van der Waals surface area (Å²) in [5.74, 6) is 1.95. The summed E-state index contributed by atoms with van der Waals surface area (Å²) in [4.78, 5) is 26.5. The minimum atomic E-state index is -0.204. The topological polar surface area (TPSA) is 49.3 Å². The largest absolute Gasteiger partial charge is 0.353 e. The number of aromatic nitrogens is 2. The Kier molecular flexibility index (Phi) is 6.00. The zero-order valence-corrected chi connectivity index (χ0v) is 19.1. The number of piperazine rings is 1. The molecule has 2 fully saturated rings. The molecule has 1 amide bonds. The van der Waals surface area contributed by atoms with Gasteiger partial charge in [0, 0.05) is 49.5 Å². The minimum absolute atomic E-state index is 0.189. The number of halogens is 1. The van der Waals surface area contributed by atoms with E-state index in [1.807, 2.05) is 24.0 Å². The van der Waals surface area contributed by atoms with Crippen LogP contribution in [0.1, 0.15) is 62.7 Å². The van der Waals surface area contributed by atoms with E-state index in [0.717, 1.165) is 48.8 Å². The number of benzene rings is 1. The minimum Gasteiger partial charge on any atom is -0.353 e. The van der Waals surface area contributed by atoms with Crippen LogP contribution in [0.5, 0.6) is 0 Å². The molecule has 0 N–H and O–H groups in total. The van der Waals surface area contributed by atoms with Gasteiger partial charge < -0.3 is 9.80 Å². The van der Waals surface area contributed by atoms with Gasteiger partial charge in [0.15, 0.2) is 0 Å². The Morgan fingerprint density at radius 2 is 1.77 bits per heavy atom. The van der Waals surface area contributed by atoms with Crippen LogP contribution in [0.2, 0.25) is 0 Å². The maximum Gasteiger partial charge on any atom is 0.225 e. The Balaban J connectivity index is 1.64. The Morgan fingerprint density at radius 3 is 2.35 bits per heavy atom. The lowest BCUT2D eigenvalue weighted by Gasteiger charge is -2.39. The standard InChI is InChI=1S/C25H33FN4O/c1-17-27-22(25(2,3)4)20(16-19-8-5-6-11-21(19)26)23(28-17)29-12-14-30(15-13-29)24(31)18-9-7-10-18/h5-6,8,11,18H,7,9-10,12-16H2,1-4H3. The normalized spacial score (nSPS) is 17.6. The second kappa shape index (κ2) is 8.56. The van der Waals surface area contributed by atoms with Crippen LogP contribution in [-0.2, 0) is 16.6 Å². The van der Waals surface area contributed by atoms with E-state index in [1.54, 1.807) is 6.07 Å². The fourth-order valence-electron chi connectivity index (χ4n) is 4.51. The Hall–Kier alpha value is -2.50. The lowest BCUT2D eigenvalue weighted by Crippen LogP contribution is -2.51. The first-order valence-electron chi connectivity index (χ1n) is 11.4. The van der Waals surface area contributed by atoms with Crippen LogP contribution in [-0.4, -0.2) is 47.0 Å². The lowest BCUT2D eigenvalue weighted by atomic mass is 9.84. The Bertz CT molecular complexity index is 956. The summed E-state index contributed by atoms with van der Waals surface area (Å²) in [7, 11) is 0. The molecule has 1 aromatic heterocycles. The fourth-order valence-corrected chi connectivity index (χ4v) is 4.51. The molecule has 0 unspecified atom stereocenters. The molecule has 4 rings (SSSR count). The molecule has 0 radical (unpaired) electrons. The zero-order chi connectivity index (χ0) is 22.2. The number of hydrogen-bond donors (Lipinski definition) is 0. The van der Waals surface area contributed by atoms with Gasteiger partial charge in [0.1, 0.15) is 17.5 Å². The molecule has 2 aromatic rings. The molecule has 6 heteroatoms. The average Bonchev–Trinajstić information content (AvgIpc) is 2.68. The van der Waals surface area contributed by atoms with Gasteiger partial charge in [-0.15, -0.1) is 0 Å². The monoisotopic (exact) mass is 424 g/mol. The Labute approximate surface area is 184 Å². The van der Waals surface area contributed by atoms with Crippen molar-refractivity contribution in [1.82, 2.24) is 14.9 Å². The van der Waals surface area contributed by atoms with E-state index in [4.69, 9.17) is 9.97 Å². The van der Waals surface area contributed by atoms with Crippen LogP contribution in [0.3, 0.4) is 0 Å². The van der Waals surface area contributed by atoms with Gasteiger partial charge in [-0.2, -0.15) is 0 Å². The van der Waals surface area contributed by atoms with Crippen LogP contribution < -0.4 is 4.90 Å². The van der Waals surface area contributed by atoms with Gasteiger partial charge in [0.25, 0.3) is 0 Å². The summed E-state index contributed by atoms with van der Waals surface area (Å²) in [6.07, 6.45) is 3.69. The molecular weight excluding hydrogens is 391 g/mol. The van der Waals surface area contributed by atoms with E-state index in [1.165, 1.54) is 12.5 Å². The molecule has 1 aliphatic carbocycles. The smallest absolute Gasteiger partial charge is 0.225 e. The van der Waals surface area contributed by atoms with Crippen molar-refractivity contribution in [2.24, 2.45) is 5.92 Å². The number of rotatable bonds is 4. The molecule has 0 atom stereocenters. The van der Waals surface area contributed by atoms with E-state index in [-0.39, 0.29) is 17.2 Å². The molecule has 1 aliphatic heterocycles. The number of anilines is 1. The number of carbonyl (C=O) groups is 1. The van der Waals surface area contributed by atoms with Gasteiger partial charge in [0.2, 0.25) is 5.91 Å². The quantitative estimate of drug-likeness (QED) is 0.736. The van der Waals surface area contributed by atoms with Gasteiger partial charge in [-0.25, -0.2) is 14.4 Å². The number of carbonyl (C=O) groups excluding carboxylic acids is 1. The maximum absolute atomic E-state index is 14.5. The van der Waals surface area contributed by atoms with Crippen LogP contribution in [0.15, 0.2) is 24.3 Å². The van der Waals surface area contributed by atoms with Crippen molar-refractivity contribution >= 4 is 11.7 Å². The van der Waals surface area contributed by atoms with Gasteiger partial charge in [-0.3, -0.25) is 4.79 Å². The molecular formula is C25H33FN4O. The van der Waals surface area contributed by atoms with Gasteiger partial charge in [-0.1, -0.05) is 45.4 Å². The third kappa shape index (κ3) is 4.58. The molecule has 0 spiro atoms. The third-order valence-corrected chi connectivity index (χ3v) is 6.48. The van der Waals surface area contributed by atoms with E-state index in [0.29, 0.717) is 31.0 Å². The summed E-state index contributed by atoms with van der Waals surface area (Å²) in [6.45, 7) is 11.2. The lowest BCUT2D eigenvalue weighted by molar-refractivity contribution is -0.138. The van der Waals surface area contributed by atoms with Crippen LogP contribution in [0, 0.1) is 18.7 Å². The molecule has 31 heavy (non-hydrogen) atoms. The maximum atomic E-state index is 14.5. The SMILES string of the molecule is Cc1nc(N2CCN(C(=O)C3CCC3)CC2)c(Cc2ccccc2F)c(C(C)(C)C)n1. The Morgan fingerprint density at radius 1 is 1.10 bits per heavy atom. The molecule has 0 bridgehead atoms. The summed E-state index contributed by atoms with van der Waals surface area (Å²) < 4.78 is 14.5. The van der Waals surface area contributed by atoms with Crippen molar-refractivity contribution in [2.45, 2.75) is 58.8 Å². The second-order valence-corrected chi connectivity index (χ2v) is 9.88. The van der Waals surface area contributed by atoms with E-state index in [9.17, 15) is 9.18 Å². The fraction of sp³-hybridized carbons (Fsp3) is 0.560. The first kappa shape index (κ1) is 21.7. The van der Waals surface area contributed by atoms with Crippen molar-refractivity contribution in [3.8, 4) is 0 Å². The number of amides is 1. The predicted molar refractivity (Wildman–Crippen MR) is 121 cm³/mol. The molecule has 1 saturated heterocycles. The third-order valence-electron chi connectivity index (χ3n) is 6.48. The molecule has 5 nitrogen and oxygen atoms in total.